The maximum atomic E-state index is 13.5. The average Bonchev–Trinajstić information content (AvgIpc) is 2.81. The molecule has 1 aliphatic heterocycles. The maximum Gasteiger partial charge on any atom is 0.232 e. The summed E-state index contributed by atoms with van der Waals surface area (Å²) in [5, 5.41) is 0. The summed E-state index contributed by atoms with van der Waals surface area (Å²) in [5.74, 6) is 0.0221. The maximum absolute atomic E-state index is 13.5. The summed E-state index contributed by atoms with van der Waals surface area (Å²) in [5.41, 5.74) is 5.86. The predicted octanol–water partition coefficient (Wildman–Crippen LogP) is 2.12. The van der Waals surface area contributed by atoms with E-state index in [1.54, 1.807) is 12.1 Å². The van der Waals surface area contributed by atoms with E-state index in [0.29, 0.717) is 16.3 Å². The molecule has 0 spiro atoms. The second-order valence-corrected chi connectivity index (χ2v) is 5.08. The lowest BCUT2D eigenvalue weighted by Gasteiger charge is -2.14. The second kappa shape index (κ2) is 5.40. The van der Waals surface area contributed by atoms with Crippen LogP contribution in [0.15, 0.2) is 23.1 Å². The van der Waals surface area contributed by atoms with E-state index < -0.39 is 0 Å². The monoisotopic (exact) mass is 254 g/mol. The van der Waals surface area contributed by atoms with Crippen LogP contribution in [-0.4, -0.2) is 29.6 Å². The first-order valence-electron chi connectivity index (χ1n) is 5.62. The molecule has 1 aromatic rings. The van der Waals surface area contributed by atoms with E-state index in [4.69, 9.17) is 5.73 Å². The fourth-order valence-electron chi connectivity index (χ4n) is 1.83. The molecule has 1 heterocycles. The third-order valence-electron chi connectivity index (χ3n) is 2.77. The third-order valence-corrected chi connectivity index (χ3v) is 3.80. The molecule has 1 aliphatic rings. The van der Waals surface area contributed by atoms with Crippen LogP contribution in [0.1, 0.15) is 12.8 Å². The molecule has 0 saturated carbocycles. The van der Waals surface area contributed by atoms with E-state index in [9.17, 15) is 9.18 Å². The smallest absolute Gasteiger partial charge is 0.232 e. The number of amides is 1. The van der Waals surface area contributed by atoms with Crippen molar-refractivity contribution >= 4 is 23.4 Å². The predicted molar refractivity (Wildman–Crippen MR) is 67.4 cm³/mol. The standard InChI is InChI=1S/C12H15FN2OS/c13-10-7-9(14)3-4-11(10)17-8-12(16)15-5-1-2-6-15/h3-4,7H,1-2,5-6,8,14H2. The third kappa shape index (κ3) is 3.12. The van der Waals surface area contributed by atoms with Crippen molar-refractivity contribution in [2.45, 2.75) is 17.7 Å². The highest BCUT2D eigenvalue weighted by atomic mass is 32.2. The van der Waals surface area contributed by atoms with Gasteiger partial charge in [0.2, 0.25) is 5.91 Å². The van der Waals surface area contributed by atoms with E-state index in [1.165, 1.54) is 17.8 Å². The van der Waals surface area contributed by atoms with E-state index in [-0.39, 0.29) is 11.7 Å². The van der Waals surface area contributed by atoms with Gasteiger partial charge in [-0.1, -0.05) is 0 Å². The number of nitrogen functional groups attached to an aromatic ring is 1. The molecule has 1 amide bonds. The molecule has 0 radical (unpaired) electrons. The molecule has 2 rings (SSSR count). The summed E-state index contributed by atoms with van der Waals surface area (Å²) in [7, 11) is 0. The van der Waals surface area contributed by atoms with Gasteiger partial charge in [-0.3, -0.25) is 4.79 Å². The van der Waals surface area contributed by atoms with Gasteiger partial charge in [0.1, 0.15) is 5.82 Å². The van der Waals surface area contributed by atoms with Crippen LogP contribution in [0.5, 0.6) is 0 Å². The molecule has 1 fully saturated rings. The van der Waals surface area contributed by atoms with Crippen molar-refractivity contribution in [2.24, 2.45) is 0 Å². The first-order valence-corrected chi connectivity index (χ1v) is 6.61. The molecule has 3 nitrogen and oxygen atoms in total. The summed E-state index contributed by atoms with van der Waals surface area (Å²) in [4.78, 5) is 14.1. The van der Waals surface area contributed by atoms with Crippen LogP contribution in [0.3, 0.4) is 0 Å². The Kier molecular flexibility index (Phi) is 3.89. The SMILES string of the molecule is Nc1ccc(SCC(=O)N2CCCC2)c(F)c1. The molecule has 5 heteroatoms. The molecular formula is C12H15FN2OS. The van der Waals surface area contributed by atoms with Crippen LogP contribution in [0, 0.1) is 5.82 Å². The van der Waals surface area contributed by atoms with Gasteiger partial charge >= 0.3 is 0 Å². The minimum atomic E-state index is -0.357. The number of thioether (sulfide) groups is 1. The summed E-state index contributed by atoms with van der Waals surface area (Å²) in [6.07, 6.45) is 2.15. The van der Waals surface area contributed by atoms with E-state index >= 15 is 0 Å². The highest BCUT2D eigenvalue weighted by molar-refractivity contribution is 8.00. The fraction of sp³-hybridized carbons (Fsp3) is 0.417. The zero-order chi connectivity index (χ0) is 12.3. The quantitative estimate of drug-likeness (QED) is 0.664. The summed E-state index contributed by atoms with van der Waals surface area (Å²) < 4.78 is 13.5. The van der Waals surface area contributed by atoms with E-state index in [2.05, 4.69) is 0 Å². The van der Waals surface area contributed by atoms with Gasteiger partial charge in [-0.15, -0.1) is 11.8 Å². The number of halogens is 1. The first kappa shape index (κ1) is 12.2. The van der Waals surface area contributed by atoms with Crippen molar-refractivity contribution in [1.29, 1.82) is 0 Å². The molecule has 17 heavy (non-hydrogen) atoms. The normalized spacial score (nSPS) is 15.2. The minimum absolute atomic E-state index is 0.0868. The number of carbonyl (C=O) groups excluding carboxylic acids is 1. The molecule has 92 valence electrons. The lowest BCUT2D eigenvalue weighted by molar-refractivity contribution is -0.127. The van der Waals surface area contributed by atoms with Crippen molar-refractivity contribution in [1.82, 2.24) is 4.90 Å². The topological polar surface area (TPSA) is 46.3 Å². The molecule has 0 atom stereocenters. The van der Waals surface area contributed by atoms with Gasteiger partial charge < -0.3 is 10.6 Å². The van der Waals surface area contributed by atoms with Gasteiger partial charge in [0.25, 0.3) is 0 Å². The van der Waals surface area contributed by atoms with Crippen LogP contribution in [0.25, 0.3) is 0 Å². The highest BCUT2D eigenvalue weighted by Crippen LogP contribution is 2.24. The number of anilines is 1. The van der Waals surface area contributed by atoms with Gasteiger partial charge in [0.05, 0.1) is 5.75 Å². The lowest BCUT2D eigenvalue weighted by atomic mass is 10.3. The Bertz CT molecular complexity index is 419. The second-order valence-electron chi connectivity index (χ2n) is 4.07. The summed E-state index contributed by atoms with van der Waals surface area (Å²) in [6, 6.07) is 4.54. The molecule has 2 N–H and O–H groups in total. The molecule has 0 aromatic heterocycles. The molecule has 0 aliphatic carbocycles. The molecule has 1 aromatic carbocycles. The van der Waals surface area contributed by atoms with Crippen LogP contribution < -0.4 is 5.73 Å². The van der Waals surface area contributed by atoms with Gasteiger partial charge in [-0.05, 0) is 31.0 Å². The Labute approximate surface area is 104 Å². The minimum Gasteiger partial charge on any atom is -0.399 e. The van der Waals surface area contributed by atoms with Crippen molar-refractivity contribution in [2.75, 3.05) is 24.6 Å². The molecule has 0 unspecified atom stereocenters. The van der Waals surface area contributed by atoms with E-state index in [0.717, 1.165) is 25.9 Å². The number of likely N-dealkylation sites (tertiary alicyclic amines) is 1. The van der Waals surface area contributed by atoms with Crippen LogP contribution in [-0.2, 0) is 4.79 Å². The molecule has 0 bridgehead atoms. The van der Waals surface area contributed by atoms with Crippen molar-refractivity contribution in [3.8, 4) is 0 Å². The Morgan fingerprint density at radius 1 is 1.41 bits per heavy atom. The number of hydrogen-bond donors (Lipinski definition) is 1. The van der Waals surface area contributed by atoms with Crippen molar-refractivity contribution < 1.29 is 9.18 Å². The number of benzene rings is 1. The van der Waals surface area contributed by atoms with Gasteiger partial charge in [0.15, 0.2) is 0 Å². The van der Waals surface area contributed by atoms with Crippen molar-refractivity contribution in [3.63, 3.8) is 0 Å². The van der Waals surface area contributed by atoms with Crippen molar-refractivity contribution in [3.05, 3.63) is 24.0 Å². The number of rotatable bonds is 3. The Morgan fingerprint density at radius 2 is 2.12 bits per heavy atom. The van der Waals surface area contributed by atoms with Gasteiger partial charge in [-0.25, -0.2) is 4.39 Å². The fourth-order valence-corrected chi connectivity index (χ4v) is 2.65. The number of nitrogens with two attached hydrogens (primary N) is 1. The largest absolute Gasteiger partial charge is 0.399 e. The van der Waals surface area contributed by atoms with E-state index in [1.807, 2.05) is 4.90 Å². The number of hydrogen-bond acceptors (Lipinski definition) is 3. The Balaban J connectivity index is 1.90. The zero-order valence-corrected chi connectivity index (χ0v) is 10.3. The molecule has 1 saturated heterocycles. The van der Waals surface area contributed by atoms with Crippen LogP contribution in [0.2, 0.25) is 0 Å². The average molecular weight is 254 g/mol. The molecular weight excluding hydrogens is 239 g/mol. The van der Waals surface area contributed by atoms with Crippen LogP contribution >= 0.6 is 11.8 Å². The van der Waals surface area contributed by atoms with Gasteiger partial charge in [0, 0.05) is 23.7 Å². The highest BCUT2D eigenvalue weighted by Gasteiger charge is 2.18. The summed E-state index contributed by atoms with van der Waals surface area (Å²) in [6.45, 7) is 1.67. The van der Waals surface area contributed by atoms with Gasteiger partial charge in [-0.2, -0.15) is 0 Å². The lowest BCUT2D eigenvalue weighted by Crippen LogP contribution is -2.29. The Hall–Kier alpha value is -1.23. The number of nitrogens with zero attached hydrogens (tertiary/aromatic N) is 1. The summed E-state index contributed by atoms with van der Waals surface area (Å²) >= 11 is 1.23. The number of carbonyl (C=O) groups is 1. The Morgan fingerprint density at radius 3 is 2.76 bits per heavy atom. The zero-order valence-electron chi connectivity index (χ0n) is 9.49. The first-order chi connectivity index (χ1) is 8.16. The van der Waals surface area contributed by atoms with Crippen LogP contribution in [0.4, 0.5) is 10.1 Å².